The average Bonchev–Trinajstić information content (AvgIpc) is 2.18. The lowest BCUT2D eigenvalue weighted by molar-refractivity contribution is 1.44. The summed E-state index contributed by atoms with van der Waals surface area (Å²) in [5.41, 5.74) is 9.72. The molecule has 0 aromatic heterocycles. The minimum Gasteiger partial charge on any atom is -0.399 e. The van der Waals surface area contributed by atoms with Gasteiger partial charge in [-0.15, -0.1) is 0 Å². The third kappa shape index (κ3) is 3.86. The van der Waals surface area contributed by atoms with Crippen LogP contribution in [0.4, 0.5) is 0 Å². The minimum atomic E-state index is 0.572. The van der Waals surface area contributed by atoms with E-state index in [1.165, 1.54) is 16.7 Å². The molecule has 0 radical (unpaired) electrons. The molecule has 0 fully saturated rings. The van der Waals surface area contributed by atoms with E-state index in [2.05, 4.69) is 44.7 Å². The van der Waals surface area contributed by atoms with Crippen LogP contribution < -0.4 is 5.73 Å². The molecule has 0 amide bonds. The van der Waals surface area contributed by atoms with Gasteiger partial charge in [-0.05, 0) is 31.1 Å². The van der Waals surface area contributed by atoms with Crippen molar-refractivity contribution in [3.8, 4) is 0 Å². The first kappa shape index (κ1) is 11.3. The molecule has 0 saturated carbocycles. The van der Waals surface area contributed by atoms with Gasteiger partial charge in [-0.2, -0.15) is 0 Å². The van der Waals surface area contributed by atoms with Crippen LogP contribution >= 0.6 is 0 Å². The molecule has 0 heterocycles. The van der Waals surface area contributed by atoms with Gasteiger partial charge < -0.3 is 5.73 Å². The van der Waals surface area contributed by atoms with Crippen molar-refractivity contribution >= 4 is 5.57 Å². The summed E-state index contributed by atoms with van der Waals surface area (Å²) in [6.07, 6.45) is 5.73. The molecule has 0 unspecified atom stereocenters. The summed E-state index contributed by atoms with van der Waals surface area (Å²) in [5.74, 6) is 0. The highest BCUT2D eigenvalue weighted by Crippen LogP contribution is 2.14. The normalized spacial score (nSPS) is 12.0. The maximum atomic E-state index is 5.43. The predicted molar refractivity (Wildman–Crippen MR) is 67.3 cm³/mol. The molecule has 1 heteroatoms. The molecule has 0 aliphatic heterocycles. The third-order valence-corrected chi connectivity index (χ3v) is 2.16. The fourth-order valence-corrected chi connectivity index (χ4v) is 1.23. The highest BCUT2D eigenvalue weighted by molar-refractivity contribution is 5.65. The number of rotatable bonds is 3. The van der Waals surface area contributed by atoms with Crippen molar-refractivity contribution in [1.29, 1.82) is 0 Å². The Morgan fingerprint density at radius 1 is 1.27 bits per heavy atom. The third-order valence-electron chi connectivity index (χ3n) is 2.16. The Balaban J connectivity index is 2.80. The van der Waals surface area contributed by atoms with Gasteiger partial charge in [0.2, 0.25) is 0 Å². The van der Waals surface area contributed by atoms with E-state index in [4.69, 9.17) is 5.73 Å². The maximum absolute atomic E-state index is 5.43. The van der Waals surface area contributed by atoms with E-state index in [0.717, 1.165) is 0 Å². The first-order valence-corrected chi connectivity index (χ1v) is 4.96. The smallest absolute Gasteiger partial charge is 0.0240 e. The minimum absolute atomic E-state index is 0.572. The van der Waals surface area contributed by atoms with Crippen LogP contribution in [0.2, 0.25) is 0 Å². The van der Waals surface area contributed by atoms with E-state index in [1.807, 2.05) is 12.2 Å². The lowest BCUT2D eigenvalue weighted by Crippen LogP contribution is -1.87. The molecule has 0 aliphatic carbocycles. The van der Waals surface area contributed by atoms with Crippen LogP contribution in [0.3, 0.4) is 0 Å². The molecule has 0 saturated heterocycles. The first-order valence-electron chi connectivity index (χ1n) is 4.96. The second-order valence-corrected chi connectivity index (χ2v) is 3.65. The van der Waals surface area contributed by atoms with Gasteiger partial charge in [0.25, 0.3) is 0 Å². The van der Waals surface area contributed by atoms with Gasteiger partial charge in [0.1, 0.15) is 0 Å². The predicted octanol–water partition coefficient (Wildman–Crippen LogP) is 3.43. The second kappa shape index (κ2) is 5.20. The fourth-order valence-electron chi connectivity index (χ4n) is 1.23. The Morgan fingerprint density at radius 3 is 2.40 bits per heavy atom. The number of allylic oxidation sites excluding steroid dienone is 4. The first-order chi connectivity index (χ1) is 7.09. The van der Waals surface area contributed by atoms with E-state index in [-0.39, 0.29) is 0 Å². The van der Waals surface area contributed by atoms with Crippen LogP contribution in [0.1, 0.15) is 18.1 Å². The molecule has 0 atom stereocenters. The Hall–Kier alpha value is -1.76. The van der Waals surface area contributed by atoms with Crippen molar-refractivity contribution in [3.05, 3.63) is 65.9 Å². The molecular formula is C14H17N. The molecule has 2 N–H and O–H groups in total. The van der Waals surface area contributed by atoms with E-state index in [9.17, 15) is 0 Å². The van der Waals surface area contributed by atoms with Crippen molar-refractivity contribution in [1.82, 2.24) is 0 Å². The maximum Gasteiger partial charge on any atom is 0.0240 e. The number of aryl methyl sites for hydroxylation is 1. The summed E-state index contributed by atoms with van der Waals surface area (Å²) in [7, 11) is 0. The van der Waals surface area contributed by atoms with Gasteiger partial charge in [-0.3, -0.25) is 0 Å². The van der Waals surface area contributed by atoms with E-state index in [0.29, 0.717) is 5.70 Å². The molecule has 0 aliphatic rings. The van der Waals surface area contributed by atoms with Crippen LogP contribution in [-0.4, -0.2) is 0 Å². The van der Waals surface area contributed by atoms with Crippen molar-refractivity contribution in [2.24, 2.45) is 5.73 Å². The Bertz CT molecular complexity index is 394. The van der Waals surface area contributed by atoms with Gasteiger partial charge in [0, 0.05) is 5.70 Å². The second-order valence-electron chi connectivity index (χ2n) is 3.65. The molecule has 0 spiro atoms. The summed E-state index contributed by atoms with van der Waals surface area (Å²) < 4.78 is 0. The van der Waals surface area contributed by atoms with Gasteiger partial charge in [-0.1, -0.05) is 48.6 Å². The molecule has 15 heavy (non-hydrogen) atoms. The standard InChI is InChI=1S/C14H17N/c1-11-7-9-14(10-8-11)12(2)5-4-6-13(3)15/h4-10H,3,15H2,1-2H3/b6-4-,12-5+. The number of benzene rings is 1. The number of hydrogen-bond acceptors (Lipinski definition) is 1. The van der Waals surface area contributed by atoms with E-state index < -0.39 is 0 Å². The van der Waals surface area contributed by atoms with Crippen LogP contribution in [0.15, 0.2) is 54.8 Å². The largest absolute Gasteiger partial charge is 0.399 e. The summed E-state index contributed by atoms with van der Waals surface area (Å²) >= 11 is 0. The van der Waals surface area contributed by atoms with Crippen molar-refractivity contribution in [2.45, 2.75) is 13.8 Å². The highest BCUT2D eigenvalue weighted by Gasteiger charge is 1.92. The van der Waals surface area contributed by atoms with E-state index in [1.54, 1.807) is 6.08 Å². The summed E-state index contributed by atoms with van der Waals surface area (Å²) in [4.78, 5) is 0. The zero-order valence-electron chi connectivity index (χ0n) is 9.33. The van der Waals surface area contributed by atoms with Crippen LogP contribution in [0.5, 0.6) is 0 Å². The van der Waals surface area contributed by atoms with Crippen molar-refractivity contribution in [3.63, 3.8) is 0 Å². The quantitative estimate of drug-likeness (QED) is 0.741. The van der Waals surface area contributed by atoms with Crippen LogP contribution in [0.25, 0.3) is 5.57 Å². The summed E-state index contributed by atoms with van der Waals surface area (Å²) in [6.45, 7) is 7.76. The lowest BCUT2D eigenvalue weighted by Gasteiger charge is -2.00. The molecule has 0 bridgehead atoms. The van der Waals surface area contributed by atoms with Crippen LogP contribution in [0, 0.1) is 6.92 Å². The van der Waals surface area contributed by atoms with Gasteiger partial charge in [0.15, 0.2) is 0 Å². The number of hydrogen-bond donors (Lipinski definition) is 1. The van der Waals surface area contributed by atoms with Gasteiger partial charge >= 0.3 is 0 Å². The lowest BCUT2D eigenvalue weighted by atomic mass is 10.1. The SMILES string of the molecule is C=C(N)/C=C\C=C(/C)c1ccc(C)cc1. The molecule has 1 nitrogen and oxygen atoms in total. The van der Waals surface area contributed by atoms with Crippen molar-refractivity contribution < 1.29 is 0 Å². The fraction of sp³-hybridized carbons (Fsp3) is 0.143. The summed E-state index contributed by atoms with van der Waals surface area (Å²) in [6, 6.07) is 8.45. The Kier molecular flexibility index (Phi) is 3.92. The van der Waals surface area contributed by atoms with Gasteiger partial charge in [0.05, 0.1) is 0 Å². The molecule has 1 rings (SSSR count). The Labute approximate surface area is 91.6 Å². The molecule has 78 valence electrons. The highest BCUT2D eigenvalue weighted by atomic mass is 14.5. The summed E-state index contributed by atoms with van der Waals surface area (Å²) in [5, 5.41) is 0. The molecule has 1 aromatic carbocycles. The molecular weight excluding hydrogens is 182 g/mol. The average molecular weight is 199 g/mol. The zero-order chi connectivity index (χ0) is 11.3. The van der Waals surface area contributed by atoms with Gasteiger partial charge in [-0.25, -0.2) is 0 Å². The van der Waals surface area contributed by atoms with E-state index >= 15 is 0 Å². The number of nitrogens with two attached hydrogens (primary N) is 1. The van der Waals surface area contributed by atoms with Crippen LogP contribution in [-0.2, 0) is 0 Å². The Morgan fingerprint density at radius 2 is 1.87 bits per heavy atom. The van der Waals surface area contributed by atoms with Crippen molar-refractivity contribution in [2.75, 3.05) is 0 Å². The molecule has 1 aromatic rings. The topological polar surface area (TPSA) is 26.0 Å². The zero-order valence-corrected chi connectivity index (χ0v) is 9.33. The monoisotopic (exact) mass is 199 g/mol.